The third-order valence-electron chi connectivity index (χ3n) is 6.22. The lowest BCUT2D eigenvalue weighted by molar-refractivity contribution is -0.133. The van der Waals surface area contributed by atoms with Gasteiger partial charge in [0.1, 0.15) is 17.6 Å². The second-order valence-electron chi connectivity index (χ2n) is 8.04. The van der Waals surface area contributed by atoms with Crippen LogP contribution in [-0.4, -0.2) is 69.6 Å². The number of halogens is 2. The Kier molecular flexibility index (Phi) is 6.15. The summed E-state index contributed by atoms with van der Waals surface area (Å²) in [4.78, 5) is 29.4. The van der Waals surface area contributed by atoms with Crippen molar-refractivity contribution in [3.05, 3.63) is 57.3 Å². The van der Waals surface area contributed by atoms with Crippen molar-refractivity contribution in [3.63, 3.8) is 0 Å². The lowest BCUT2D eigenvalue weighted by Gasteiger charge is -2.43. The molecule has 172 valence electrons. The van der Waals surface area contributed by atoms with Crippen LogP contribution in [-0.2, 0) is 16.1 Å². The molecule has 0 saturated carbocycles. The van der Waals surface area contributed by atoms with Crippen molar-refractivity contribution in [2.24, 2.45) is 0 Å². The zero-order valence-electron chi connectivity index (χ0n) is 17.9. The number of rotatable bonds is 6. The molecule has 3 heterocycles. The van der Waals surface area contributed by atoms with Gasteiger partial charge in [-0.3, -0.25) is 9.59 Å². The summed E-state index contributed by atoms with van der Waals surface area (Å²) in [7, 11) is 0. The Morgan fingerprint density at radius 2 is 2.09 bits per heavy atom. The number of nitrogens with one attached hydrogen (secondary N) is 2. The number of likely N-dealkylation sites (N-methyl/N-ethyl adjacent to an activating group) is 2. The van der Waals surface area contributed by atoms with Crippen molar-refractivity contribution < 1.29 is 24.2 Å². The fraction of sp³-hybridized carbons (Fsp3) is 0.455. The van der Waals surface area contributed by atoms with Crippen LogP contribution in [0.25, 0.3) is 0 Å². The van der Waals surface area contributed by atoms with E-state index in [-0.39, 0.29) is 46.4 Å². The van der Waals surface area contributed by atoms with E-state index in [9.17, 15) is 24.2 Å². The number of amides is 2. The van der Waals surface area contributed by atoms with E-state index in [0.717, 1.165) is 0 Å². The zero-order valence-corrected chi connectivity index (χ0v) is 18.6. The summed E-state index contributed by atoms with van der Waals surface area (Å²) >= 11 is 5.81. The van der Waals surface area contributed by atoms with Crippen LogP contribution in [0.4, 0.5) is 4.39 Å². The van der Waals surface area contributed by atoms with Crippen LogP contribution in [0.2, 0.25) is 5.02 Å². The molecule has 3 aliphatic rings. The van der Waals surface area contributed by atoms with E-state index in [1.54, 1.807) is 15.9 Å². The third kappa shape index (κ3) is 3.54. The Hall–Kier alpha value is -2.62. The molecule has 2 amide bonds. The van der Waals surface area contributed by atoms with E-state index >= 15 is 0 Å². The van der Waals surface area contributed by atoms with Crippen molar-refractivity contribution in [2.75, 3.05) is 19.6 Å². The molecule has 4 rings (SSSR count). The smallest absolute Gasteiger partial charge is 0.274 e. The average molecular weight is 465 g/mol. The number of aliphatic hydroxyl groups excluding tert-OH is 2. The average Bonchev–Trinajstić information content (AvgIpc) is 3.11. The second kappa shape index (κ2) is 8.73. The Balaban J connectivity index is 1.71. The van der Waals surface area contributed by atoms with Crippen LogP contribution in [0.5, 0.6) is 0 Å². The molecule has 1 unspecified atom stereocenters. The molecule has 0 aromatic heterocycles. The van der Waals surface area contributed by atoms with Crippen LogP contribution in [0.15, 0.2) is 40.9 Å². The highest BCUT2D eigenvalue weighted by Gasteiger charge is 2.52. The Morgan fingerprint density at radius 1 is 1.34 bits per heavy atom. The number of hydrogen-bond acceptors (Lipinski definition) is 6. The molecule has 0 spiro atoms. The number of aliphatic hydroxyl groups is 2. The molecule has 32 heavy (non-hydrogen) atoms. The highest BCUT2D eigenvalue weighted by Crippen LogP contribution is 2.43. The van der Waals surface area contributed by atoms with Crippen molar-refractivity contribution in [2.45, 2.75) is 45.0 Å². The fourth-order valence-corrected chi connectivity index (χ4v) is 4.95. The summed E-state index contributed by atoms with van der Waals surface area (Å²) in [5.41, 5.74) is 0.648. The quantitative estimate of drug-likeness (QED) is 0.507. The number of piperazine rings is 1. The first-order valence-corrected chi connectivity index (χ1v) is 11.1. The predicted molar refractivity (Wildman–Crippen MR) is 116 cm³/mol. The first-order valence-electron chi connectivity index (χ1n) is 10.7. The number of carbonyl (C=O) groups is 2. The van der Waals surface area contributed by atoms with Gasteiger partial charge in [0.2, 0.25) is 0 Å². The van der Waals surface area contributed by atoms with E-state index in [1.807, 2.05) is 13.8 Å². The summed E-state index contributed by atoms with van der Waals surface area (Å²) in [6, 6.07) is 4.07. The maximum absolute atomic E-state index is 14.2. The minimum Gasteiger partial charge on any atom is -0.507 e. The zero-order chi connectivity index (χ0) is 23.2. The first kappa shape index (κ1) is 22.6. The number of carbonyl (C=O) groups excluding carboxylic acids is 2. The summed E-state index contributed by atoms with van der Waals surface area (Å²) in [5.74, 6) is -2.20. The van der Waals surface area contributed by atoms with Crippen LogP contribution < -0.4 is 10.6 Å². The topological polar surface area (TPSA) is 105 Å². The lowest BCUT2D eigenvalue weighted by Crippen LogP contribution is -2.55. The van der Waals surface area contributed by atoms with Crippen LogP contribution >= 0.6 is 11.6 Å². The normalized spacial score (nSPS) is 24.9. The maximum Gasteiger partial charge on any atom is 0.274 e. The number of nitrogens with zero attached hydrogens (tertiary/aromatic N) is 2. The monoisotopic (exact) mass is 464 g/mol. The van der Waals surface area contributed by atoms with Gasteiger partial charge in [-0.1, -0.05) is 30.7 Å². The molecule has 0 aliphatic carbocycles. The second-order valence-corrected chi connectivity index (χ2v) is 8.45. The molecule has 0 bridgehead atoms. The lowest BCUT2D eigenvalue weighted by atomic mass is 9.95. The SMILES string of the molecule is CCN[C@@H]1C[C@@H]2CN(CC)C(=O)C3=C(O)C(O)C(C(=O)NCc4cccc(Cl)c4F)=C1N32. The minimum absolute atomic E-state index is 0.0171. The van der Waals surface area contributed by atoms with Gasteiger partial charge in [-0.05, 0) is 26.0 Å². The van der Waals surface area contributed by atoms with E-state index in [0.29, 0.717) is 31.8 Å². The highest BCUT2D eigenvalue weighted by molar-refractivity contribution is 6.30. The minimum atomic E-state index is -1.67. The van der Waals surface area contributed by atoms with Gasteiger partial charge in [-0.25, -0.2) is 4.39 Å². The summed E-state index contributed by atoms with van der Waals surface area (Å²) in [6.45, 7) is 5.17. The van der Waals surface area contributed by atoms with Crippen molar-refractivity contribution >= 4 is 23.4 Å². The Labute approximate surface area is 190 Å². The molecular formula is C22H26ClFN4O4. The molecule has 8 nitrogen and oxygen atoms in total. The van der Waals surface area contributed by atoms with Gasteiger partial charge in [0.05, 0.1) is 22.7 Å². The van der Waals surface area contributed by atoms with Crippen molar-refractivity contribution in [1.29, 1.82) is 0 Å². The van der Waals surface area contributed by atoms with E-state index < -0.39 is 23.6 Å². The van der Waals surface area contributed by atoms with Crippen LogP contribution in [0.1, 0.15) is 25.8 Å². The summed E-state index contributed by atoms with van der Waals surface area (Å²) < 4.78 is 14.2. The molecular weight excluding hydrogens is 439 g/mol. The van der Waals surface area contributed by atoms with Crippen molar-refractivity contribution in [1.82, 2.24) is 20.4 Å². The molecule has 1 aromatic carbocycles. The number of hydrogen-bond donors (Lipinski definition) is 4. The molecule has 1 aromatic rings. The Bertz CT molecular complexity index is 1030. The largest absolute Gasteiger partial charge is 0.507 e. The number of benzene rings is 1. The fourth-order valence-electron chi connectivity index (χ4n) is 4.76. The third-order valence-corrected chi connectivity index (χ3v) is 6.52. The Morgan fingerprint density at radius 3 is 2.78 bits per heavy atom. The van der Waals surface area contributed by atoms with Gasteiger partial charge in [-0.15, -0.1) is 0 Å². The summed E-state index contributed by atoms with van der Waals surface area (Å²) in [6.07, 6.45) is -1.06. The molecule has 2 saturated heterocycles. The molecule has 2 fully saturated rings. The van der Waals surface area contributed by atoms with Crippen LogP contribution in [0, 0.1) is 5.82 Å². The maximum atomic E-state index is 14.2. The highest BCUT2D eigenvalue weighted by atomic mass is 35.5. The van der Waals surface area contributed by atoms with E-state index in [1.165, 1.54) is 12.1 Å². The molecule has 10 heteroatoms. The van der Waals surface area contributed by atoms with Gasteiger partial charge in [0.15, 0.2) is 5.76 Å². The van der Waals surface area contributed by atoms with Gasteiger partial charge < -0.3 is 30.6 Å². The predicted octanol–water partition coefficient (Wildman–Crippen LogP) is 1.41. The van der Waals surface area contributed by atoms with Gasteiger partial charge in [-0.2, -0.15) is 0 Å². The van der Waals surface area contributed by atoms with Gasteiger partial charge in [0, 0.05) is 30.9 Å². The van der Waals surface area contributed by atoms with E-state index in [4.69, 9.17) is 11.6 Å². The standard InChI is InChI=1S/C22H26ClFN4O4/c1-3-25-14-8-12-10-27(4-2)22(32)18-20(30)19(29)15(17(14)28(12)18)21(31)26-9-11-6-5-7-13(23)16(11)24/h5-7,12,14,19,25,29-30H,3-4,8-10H2,1-2H3,(H,26,31)/t12-,14-,19?/m1/s1. The molecule has 3 aliphatic heterocycles. The van der Waals surface area contributed by atoms with Crippen LogP contribution in [0.3, 0.4) is 0 Å². The van der Waals surface area contributed by atoms with Crippen molar-refractivity contribution in [3.8, 4) is 0 Å². The van der Waals surface area contributed by atoms with E-state index in [2.05, 4.69) is 10.6 Å². The molecule has 0 radical (unpaired) electrons. The summed E-state index contributed by atoms with van der Waals surface area (Å²) in [5, 5.41) is 27.5. The van der Waals surface area contributed by atoms with Gasteiger partial charge in [0.25, 0.3) is 11.8 Å². The van der Waals surface area contributed by atoms with Gasteiger partial charge >= 0.3 is 0 Å². The first-order chi connectivity index (χ1) is 15.3. The molecule has 3 atom stereocenters. The molecule has 4 N–H and O–H groups in total.